The van der Waals surface area contributed by atoms with Crippen LogP contribution in [0.2, 0.25) is 18.1 Å². The molecule has 1 aliphatic heterocycles. The van der Waals surface area contributed by atoms with Crippen LogP contribution >= 0.6 is 0 Å². The first-order valence-corrected chi connectivity index (χ1v) is 14.6. The summed E-state index contributed by atoms with van der Waals surface area (Å²) in [5.41, 5.74) is 6.37. The van der Waals surface area contributed by atoms with Gasteiger partial charge in [-0.05, 0) is 50.2 Å². The molecule has 0 radical (unpaired) electrons. The summed E-state index contributed by atoms with van der Waals surface area (Å²) in [7, 11) is -1.75. The number of hydrogen-bond donors (Lipinski definition) is 2. The van der Waals surface area contributed by atoms with Gasteiger partial charge in [-0.2, -0.15) is 0 Å². The fourth-order valence-electron chi connectivity index (χ4n) is 3.38. The summed E-state index contributed by atoms with van der Waals surface area (Å²) in [6.45, 7) is 14.7. The Morgan fingerprint density at radius 1 is 1.04 bits per heavy atom. The van der Waals surface area contributed by atoms with E-state index in [0.29, 0.717) is 6.04 Å². The van der Waals surface area contributed by atoms with Gasteiger partial charge in [0.1, 0.15) is 0 Å². The first-order valence-electron chi connectivity index (χ1n) is 11.7. The van der Waals surface area contributed by atoms with Crippen molar-refractivity contribution < 1.29 is 4.43 Å². The molecule has 1 aliphatic rings. The Morgan fingerprint density at radius 2 is 1.68 bits per heavy atom. The van der Waals surface area contributed by atoms with E-state index in [1.54, 1.807) is 0 Å². The van der Waals surface area contributed by atoms with Crippen LogP contribution in [0, 0.1) is 0 Å². The molecule has 28 heavy (non-hydrogen) atoms. The van der Waals surface area contributed by atoms with Crippen molar-refractivity contribution >= 4 is 8.32 Å². The summed E-state index contributed by atoms with van der Waals surface area (Å²) in [5, 5.41) is 3.89. The van der Waals surface area contributed by atoms with Gasteiger partial charge in [0, 0.05) is 18.6 Å². The fourth-order valence-corrected chi connectivity index (χ4v) is 4.77. The maximum absolute atomic E-state index is 6.65. The molecule has 0 bridgehead atoms. The number of unbranched alkanes of at least 4 members (excludes halogenated alkanes) is 5. The number of hydrogen-bond acceptors (Lipinski definition) is 3. The molecule has 4 heteroatoms. The van der Waals surface area contributed by atoms with Crippen molar-refractivity contribution in [2.24, 2.45) is 5.73 Å². The average molecular weight is 409 g/mol. The van der Waals surface area contributed by atoms with E-state index in [9.17, 15) is 0 Å². The Morgan fingerprint density at radius 3 is 2.29 bits per heavy atom. The molecule has 3 atom stereocenters. The van der Waals surface area contributed by atoms with E-state index in [2.05, 4.69) is 70.4 Å². The van der Waals surface area contributed by atoms with E-state index in [1.165, 1.54) is 51.4 Å². The molecule has 0 saturated carbocycles. The molecule has 0 aromatic heterocycles. The van der Waals surface area contributed by atoms with E-state index in [-0.39, 0.29) is 17.2 Å². The average Bonchev–Trinajstić information content (AvgIpc) is 2.61. The number of nitrogens with one attached hydrogen (secondary N) is 1. The first-order chi connectivity index (χ1) is 13.2. The van der Waals surface area contributed by atoms with Crippen LogP contribution in [0.3, 0.4) is 0 Å². The highest BCUT2D eigenvalue weighted by Gasteiger charge is 2.41. The minimum absolute atomic E-state index is 0.126. The molecule has 1 fully saturated rings. The van der Waals surface area contributed by atoms with Gasteiger partial charge in [0.25, 0.3) is 0 Å². The van der Waals surface area contributed by atoms with Gasteiger partial charge < -0.3 is 15.5 Å². The Kier molecular flexibility index (Phi) is 11.9. The van der Waals surface area contributed by atoms with Crippen molar-refractivity contribution in [1.82, 2.24) is 5.32 Å². The Labute approximate surface area is 176 Å². The monoisotopic (exact) mass is 408 g/mol. The van der Waals surface area contributed by atoms with Crippen LogP contribution < -0.4 is 11.1 Å². The third-order valence-electron chi connectivity index (χ3n) is 6.42. The highest BCUT2D eigenvalue weighted by molar-refractivity contribution is 6.74. The lowest BCUT2D eigenvalue weighted by Crippen LogP contribution is -2.58. The van der Waals surface area contributed by atoms with Gasteiger partial charge in [-0.1, -0.05) is 77.7 Å². The Balaban J connectivity index is 2.23. The summed E-state index contributed by atoms with van der Waals surface area (Å²) in [6.07, 6.45) is 20.4. The zero-order valence-corrected chi connectivity index (χ0v) is 20.6. The van der Waals surface area contributed by atoms with Crippen LogP contribution in [0.1, 0.15) is 85.5 Å². The molecule has 1 saturated heterocycles. The molecule has 3 N–H and O–H groups in total. The molecule has 0 spiro atoms. The summed E-state index contributed by atoms with van der Waals surface area (Å²) in [4.78, 5) is 0. The van der Waals surface area contributed by atoms with E-state index in [4.69, 9.17) is 10.2 Å². The fraction of sp³-hybridized carbons (Fsp3) is 0.833. The highest BCUT2D eigenvalue weighted by Crippen LogP contribution is 2.38. The van der Waals surface area contributed by atoms with Crippen molar-refractivity contribution in [1.29, 1.82) is 0 Å². The normalized spacial score (nSPS) is 24.5. The molecular weight excluding hydrogens is 360 g/mol. The standard InChI is InChI=1S/C24H48N2OSi/c1-7-8-9-10-11-12-13-14-15-16-17-18-21-19-23(22(25)20-26-21)27-28(5,6)24(2,3)4/h10-13,21-23,26H,7-9,14-20,25H2,1-6H3/b11-10+,13-12+/t21-,22+,23+/m1/s1. The van der Waals surface area contributed by atoms with E-state index in [0.717, 1.165) is 13.0 Å². The third kappa shape index (κ3) is 9.86. The number of nitrogens with two attached hydrogens (primary N) is 1. The second-order valence-corrected chi connectivity index (χ2v) is 14.8. The van der Waals surface area contributed by atoms with Gasteiger partial charge in [-0.3, -0.25) is 0 Å². The SMILES string of the molecule is CCCC/C=C/C=C/CCCCC[C@@H]1C[C@H](O[Si](C)(C)C(C)(C)C)[C@@H](N)CN1. The van der Waals surface area contributed by atoms with Crippen molar-refractivity contribution in [3.63, 3.8) is 0 Å². The molecule has 0 aromatic carbocycles. The van der Waals surface area contributed by atoms with Crippen LogP contribution in [0.4, 0.5) is 0 Å². The van der Waals surface area contributed by atoms with Gasteiger partial charge in [0.15, 0.2) is 8.32 Å². The summed E-state index contributed by atoms with van der Waals surface area (Å²) >= 11 is 0. The lowest BCUT2D eigenvalue weighted by molar-refractivity contribution is 0.102. The van der Waals surface area contributed by atoms with Crippen molar-refractivity contribution in [2.45, 2.75) is 122 Å². The largest absolute Gasteiger partial charge is 0.412 e. The van der Waals surface area contributed by atoms with Gasteiger partial charge in [-0.25, -0.2) is 0 Å². The van der Waals surface area contributed by atoms with Crippen LogP contribution in [0.25, 0.3) is 0 Å². The summed E-state index contributed by atoms with van der Waals surface area (Å²) < 4.78 is 6.65. The van der Waals surface area contributed by atoms with Crippen LogP contribution in [-0.4, -0.2) is 33.0 Å². The molecule has 3 nitrogen and oxygen atoms in total. The first kappa shape index (κ1) is 25.6. The molecule has 0 aromatic rings. The minimum atomic E-state index is -1.75. The highest BCUT2D eigenvalue weighted by atomic mass is 28.4. The zero-order valence-electron chi connectivity index (χ0n) is 19.6. The molecule has 1 rings (SSSR count). The second-order valence-electron chi connectivity index (χ2n) is 10.1. The van der Waals surface area contributed by atoms with Gasteiger partial charge in [-0.15, -0.1) is 0 Å². The molecule has 0 amide bonds. The van der Waals surface area contributed by atoms with Gasteiger partial charge >= 0.3 is 0 Å². The minimum Gasteiger partial charge on any atom is -0.412 e. The zero-order chi connectivity index (χ0) is 21.0. The Bertz CT molecular complexity index is 468. The lowest BCUT2D eigenvalue weighted by atomic mass is 9.94. The number of piperidine rings is 1. The summed E-state index contributed by atoms with van der Waals surface area (Å²) in [6, 6.07) is 0.688. The second kappa shape index (κ2) is 13.0. The molecule has 0 aliphatic carbocycles. The third-order valence-corrected chi connectivity index (χ3v) is 10.9. The van der Waals surface area contributed by atoms with Crippen LogP contribution in [0.5, 0.6) is 0 Å². The van der Waals surface area contributed by atoms with Crippen LogP contribution in [0.15, 0.2) is 24.3 Å². The van der Waals surface area contributed by atoms with Gasteiger partial charge in [0.2, 0.25) is 0 Å². The quantitative estimate of drug-likeness (QED) is 0.226. The molecular formula is C24H48N2OSi. The molecule has 0 unspecified atom stereocenters. The predicted octanol–water partition coefficient (Wildman–Crippen LogP) is 6.32. The van der Waals surface area contributed by atoms with Crippen molar-refractivity contribution in [2.75, 3.05) is 6.54 Å². The van der Waals surface area contributed by atoms with E-state index in [1.807, 2.05) is 0 Å². The molecule has 1 heterocycles. The smallest absolute Gasteiger partial charge is 0.192 e. The van der Waals surface area contributed by atoms with Crippen molar-refractivity contribution in [3.05, 3.63) is 24.3 Å². The maximum atomic E-state index is 6.65. The van der Waals surface area contributed by atoms with Crippen molar-refractivity contribution in [3.8, 4) is 0 Å². The maximum Gasteiger partial charge on any atom is 0.192 e. The van der Waals surface area contributed by atoms with Gasteiger partial charge in [0.05, 0.1) is 6.10 Å². The predicted molar refractivity (Wildman–Crippen MR) is 127 cm³/mol. The van der Waals surface area contributed by atoms with E-state index >= 15 is 0 Å². The number of rotatable bonds is 12. The topological polar surface area (TPSA) is 47.3 Å². The number of allylic oxidation sites excluding steroid dienone is 4. The van der Waals surface area contributed by atoms with Crippen LogP contribution in [-0.2, 0) is 4.43 Å². The molecule has 164 valence electrons. The Hall–Kier alpha value is -0.423. The summed E-state index contributed by atoms with van der Waals surface area (Å²) in [5.74, 6) is 0. The van der Waals surface area contributed by atoms with E-state index < -0.39 is 8.32 Å². The lowest BCUT2D eigenvalue weighted by Gasteiger charge is -2.44.